The summed E-state index contributed by atoms with van der Waals surface area (Å²) in [5, 5.41) is 0. The number of ether oxygens (including phenoxy) is 1. The number of esters is 1. The van der Waals surface area contributed by atoms with Crippen molar-refractivity contribution in [2.24, 2.45) is 5.92 Å². The van der Waals surface area contributed by atoms with E-state index in [2.05, 4.69) is 33.6 Å². The van der Waals surface area contributed by atoms with Gasteiger partial charge in [-0.25, -0.2) is 4.79 Å². The van der Waals surface area contributed by atoms with Crippen LogP contribution < -0.4 is 0 Å². The first-order chi connectivity index (χ1) is 7.16. The van der Waals surface area contributed by atoms with Gasteiger partial charge in [0.1, 0.15) is 0 Å². The van der Waals surface area contributed by atoms with Gasteiger partial charge in [0, 0.05) is 6.08 Å². The molecule has 15 heavy (non-hydrogen) atoms. The second kappa shape index (κ2) is 12.9. The third-order valence-corrected chi connectivity index (χ3v) is 1.84. The van der Waals surface area contributed by atoms with E-state index in [9.17, 15) is 4.79 Å². The summed E-state index contributed by atoms with van der Waals surface area (Å²) in [4.78, 5) is 10.6. The molecule has 0 rings (SSSR count). The van der Waals surface area contributed by atoms with E-state index in [0.29, 0.717) is 6.61 Å². The normalized spacial score (nSPS) is 9.00. The van der Waals surface area contributed by atoms with Crippen molar-refractivity contribution in [2.45, 2.75) is 39.5 Å². The molecule has 2 nitrogen and oxygen atoms in total. The lowest BCUT2D eigenvalue weighted by atomic mass is 10.1. The van der Waals surface area contributed by atoms with Gasteiger partial charge >= 0.3 is 5.97 Å². The summed E-state index contributed by atoms with van der Waals surface area (Å²) in [6.45, 7) is 14.3. The van der Waals surface area contributed by atoms with Crippen molar-refractivity contribution in [3.8, 4) is 0 Å². The van der Waals surface area contributed by atoms with Crippen LogP contribution in [0, 0.1) is 5.92 Å². The van der Waals surface area contributed by atoms with E-state index < -0.39 is 0 Å². The van der Waals surface area contributed by atoms with Crippen molar-refractivity contribution in [3.05, 3.63) is 25.8 Å². The molecule has 0 spiro atoms. The predicted octanol–water partition coefficient (Wildman–Crippen LogP) is 3.73. The van der Waals surface area contributed by atoms with Crippen molar-refractivity contribution in [1.82, 2.24) is 0 Å². The zero-order valence-corrected chi connectivity index (χ0v) is 10.1. The van der Waals surface area contributed by atoms with Crippen molar-refractivity contribution in [1.29, 1.82) is 0 Å². The summed E-state index contributed by atoms with van der Waals surface area (Å²) in [5.41, 5.74) is 0. The number of hydrogen-bond donors (Lipinski definition) is 0. The lowest BCUT2D eigenvalue weighted by molar-refractivity contribution is -0.137. The van der Waals surface area contributed by atoms with Gasteiger partial charge in [0.15, 0.2) is 0 Å². The third kappa shape index (κ3) is 15.7. The summed E-state index contributed by atoms with van der Waals surface area (Å²) < 4.78 is 4.84. The van der Waals surface area contributed by atoms with Gasteiger partial charge in [0.25, 0.3) is 0 Å². The molecule has 2 heteroatoms. The fourth-order valence-corrected chi connectivity index (χ4v) is 1.06. The first-order valence-electron chi connectivity index (χ1n) is 5.46. The van der Waals surface area contributed by atoms with Crippen molar-refractivity contribution >= 4 is 5.97 Å². The molecule has 0 saturated heterocycles. The molecular formula is C13H24O2. The monoisotopic (exact) mass is 212 g/mol. The minimum Gasteiger partial charge on any atom is -0.463 e. The molecule has 0 aliphatic carbocycles. The zero-order valence-electron chi connectivity index (χ0n) is 10.1. The molecule has 0 aliphatic heterocycles. The first-order valence-corrected chi connectivity index (χ1v) is 5.46. The molecule has 0 aromatic carbocycles. The highest BCUT2D eigenvalue weighted by atomic mass is 16.5. The van der Waals surface area contributed by atoms with E-state index in [-0.39, 0.29) is 5.97 Å². The third-order valence-electron chi connectivity index (χ3n) is 1.84. The summed E-state index contributed by atoms with van der Waals surface area (Å²) in [6.07, 6.45) is 5.79. The molecular weight excluding hydrogens is 188 g/mol. The zero-order chi connectivity index (χ0) is 12.1. The minimum atomic E-state index is -0.316. The van der Waals surface area contributed by atoms with Crippen LogP contribution in [-0.2, 0) is 9.53 Å². The van der Waals surface area contributed by atoms with E-state index >= 15 is 0 Å². The van der Waals surface area contributed by atoms with Gasteiger partial charge in [-0.2, -0.15) is 0 Å². The lowest BCUT2D eigenvalue weighted by Gasteiger charge is -2.04. The van der Waals surface area contributed by atoms with E-state index in [0.717, 1.165) is 18.8 Å². The molecule has 0 bridgehead atoms. The van der Waals surface area contributed by atoms with Crippen LogP contribution in [0.2, 0.25) is 0 Å². The maximum absolute atomic E-state index is 10.6. The van der Waals surface area contributed by atoms with Crippen molar-refractivity contribution in [2.75, 3.05) is 6.61 Å². The van der Waals surface area contributed by atoms with E-state index in [1.54, 1.807) is 0 Å². The molecule has 0 heterocycles. The summed E-state index contributed by atoms with van der Waals surface area (Å²) in [6, 6.07) is 0. The lowest BCUT2D eigenvalue weighted by Crippen LogP contribution is -2.01. The average molecular weight is 212 g/mol. The second-order valence-electron chi connectivity index (χ2n) is 3.61. The number of carbonyl (C=O) groups is 1. The minimum absolute atomic E-state index is 0.316. The van der Waals surface area contributed by atoms with Gasteiger partial charge in [-0.05, 0) is 12.3 Å². The summed E-state index contributed by atoms with van der Waals surface area (Å²) in [5.74, 6) is 0.458. The van der Waals surface area contributed by atoms with Gasteiger partial charge in [0.05, 0.1) is 6.61 Å². The molecule has 88 valence electrons. The maximum Gasteiger partial charge on any atom is 0.330 e. The smallest absolute Gasteiger partial charge is 0.330 e. The van der Waals surface area contributed by atoms with Gasteiger partial charge < -0.3 is 4.74 Å². The van der Waals surface area contributed by atoms with Crippen LogP contribution in [-0.4, -0.2) is 12.6 Å². The number of unbranched alkanes of at least 4 members (excludes halogenated alkanes) is 2. The van der Waals surface area contributed by atoms with Crippen LogP contribution >= 0.6 is 0 Å². The summed E-state index contributed by atoms with van der Waals surface area (Å²) >= 11 is 0. The summed E-state index contributed by atoms with van der Waals surface area (Å²) in [7, 11) is 0. The maximum atomic E-state index is 10.6. The largest absolute Gasteiger partial charge is 0.463 e. The first kappa shape index (κ1) is 16.4. The molecule has 0 unspecified atom stereocenters. The van der Waals surface area contributed by atoms with Crippen LogP contribution in [0.1, 0.15) is 39.5 Å². The topological polar surface area (TPSA) is 26.3 Å². The van der Waals surface area contributed by atoms with E-state index in [1.165, 1.54) is 18.9 Å². The van der Waals surface area contributed by atoms with E-state index in [4.69, 9.17) is 4.74 Å². The molecule has 0 N–H and O–H groups in total. The molecule has 0 atom stereocenters. The van der Waals surface area contributed by atoms with Crippen LogP contribution in [0.5, 0.6) is 0 Å². The van der Waals surface area contributed by atoms with Crippen LogP contribution in [0.4, 0.5) is 0 Å². The fraction of sp³-hybridized carbons (Fsp3) is 0.615. The SMILES string of the molecule is C=C.C=CC(=O)OCCCCCC(C)C. The average Bonchev–Trinajstić information content (AvgIpc) is 2.25. The number of hydrogen-bond acceptors (Lipinski definition) is 2. The highest BCUT2D eigenvalue weighted by molar-refractivity contribution is 5.81. The standard InChI is InChI=1S/C11H20O2.C2H4/c1-4-11(12)13-9-7-5-6-8-10(2)3;1-2/h4,10H,1,5-9H2,2-3H3;1-2H2. The van der Waals surface area contributed by atoms with Crippen LogP contribution in [0.3, 0.4) is 0 Å². The Morgan fingerprint density at radius 2 is 1.87 bits per heavy atom. The molecule has 0 aromatic rings. The molecule has 0 radical (unpaired) electrons. The Bertz CT molecular complexity index is 162. The predicted molar refractivity (Wildman–Crippen MR) is 65.7 cm³/mol. The molecule has 0 fully saturated rings. The van der Waals surface area contributed by atoms with E-state index in [1.807, 2.05) is 0 Å². The Morgan fingerprint density at radius 1 is 1.27 bits per heavy atom. The van der Waals surface area contributed by atoms with Crippen LogP contribution in [0.15, 0.2) is 25.8 Å². The van der Waals surface area contributed by atoms with Gasteiger partial charge in [-0.15, -0.1) is 13.2 Å². The molecule has 0 amide bonds. The van der Waals surface area contributed by atoms with Crippen LogP contribution in [0.25, 0.3) is 0 Å². The highest BCUT2D eigenvalue weighted by Gasteiger charge is 1.96. The van der Waals surface area contributed by atoms with Crippen molar-refractivity contribution < 1.29 is 9.53 Å². The van der Waals surface area contributed by atoms with Gasteiger partial charge in [-0.1, -0.05) is 39.7 Å². The second-order valence-corrected chi connectivity index (χ2v) is 3.61. The number of rotatable bonds is 7. The number of carbonyl (C=O) groups excluding carboxylic acids is 1. The Morgan fingerprint density at radius 3 is 2.33 bits per heavy atom. The van der Waals surface area contributed by atoms with Gasteiger partial charge in [-0.3, -0.25) is 0 Å². The Hall–Kier alpha value is -1.05. The molecule has 0 saturated carbocycles. The Kier molecular flexibility index (Phi) is 14.1. The quantitative estimate of drug-likeness (QED) is 0.278. The molecule has 0 aliphatic rings. The van der Waals surface area contributed by atoms with Crippen molar-refractivity contribution in [3.63, 3.8) is 0 Å². The van der Waals surface area contributed by atoms with Gasteiger partial charge in [0.2, 0.25) is 0 Å². The molecule has 0 aromatic heterocycles. The fourth-order valence-electron chi connectivity index (χ4n) is 1.06. The Labute approximate surface area is 94.0 Å². The Balaban J connectivity index is 0. The highest BCUT2D eigenvalue weighted by Crippen LogP contribution is 2.07.